The SMILES string of the molecule is O=S(=O)(c1ccccc1Cl)N(Cc1ccsc1)Cc1ccccn1. The molecule has 0 saturated heterocycles. The van der Waals surface area contributed by atoms with Crippen molar-refractivity contribution in [3.8, 4) is 0 Å². The molecule has 0 spiro atoms. The van der Waals surface area contributed by atoms with Crippen molar-refractivity contribution in [2.45, 2.75) is 18.0 Å². The molecule has 0 unspecified atom stereocenters. The van der Waals surface area contributed by atoms with Crippen molar-refractivity contribution in [2.75, 3.05) is 0 Å². The van der Waals surface area contributed by atoms with Crippen molar-refractivity contribution in [1.29, 1.82) is 0 Å². The van der Waals surface area contributed by atoms with Crippen LogP contribution in [0.25, 0.3) is 0 Å². The largest absolute Gasteiger partial charge is 0.260 e. The maximum Gasteiger partial charge on any atom is 0.245 e. The summed E-state index contributed by atoms with van der Waals surface area (Å²) in [5.74, 6) is 0. The van der Waals surface area contributed by atoms with Gasteiger partial charge in [-0.25, -0.2) is 8.42 Å². The first-order valence-electron chi connectivity index (χ1n) is 7.23. The number of hydrogen-bond acceptors (Lipinski definition) is 4. The van der Waals surface area contributed by atoms with E-state index in [2.05, 4.69) is 4.98 Å². The topological polar surface area (TPSA) is 50.3 Å². The summed E-state index contributed by atoms with van der Waals surface area (Å²) in [5.41, 5.74) is 1.62. The Kier molecular flexibility index (Phi) is 5.30. The average Bonchev–Trinajstić information content (AvgIpc) is 3.08. The van der Waals surface area contributed by atoms with Gasteiger partial charge >= 0.3 is 0 Å². The highest BCUT2D eigenvalue weighted by Gasteiger charge is 2.27. The third kappa shape index (κ3) is 3.84. The number of thiophene rings is 1. The van der Waals surface area contributed by atoms with Gasteiger partial charge in [0.25, 0.3) is 0 Å². The summed E-state index contributed by atoms with van der Waals surface area (Å²) in [5, 5.41) is 4.08. The molecule has 0 aliphatic carbocycles. The summed E-state index contributed by atoms with van der Waals surface area (Å²) in [4.78, 5) is 4.35. The lowest BCUT2D eigenvalue weighted by Gasteiger charge is -2.22. The van der Waals surface area contributed by atoms with E-state index in [4.69, 9.17) is 11.6 Å². The number of halogens is 1. The Balaban J connectivity index is 1.98. The minimum absolute atomic E-state index is 0.109. The molecule has 124 valence electrons. The van der Waals surface area contributed by atoms with Gasteiger partial charge in [-0.05, 0) is 46.7 Å². The van der Waals surface area contributed by atoms with Gasteiger partial charge in [-0.2, -0.15) is 15.6 Å². The molecule has 0 N–H and O–H groups in total. The Morgan fingerprint density at radius 1 is 1.04 bits per heavy atom. The first-order chi connectivity index (χ1) is 11.6. The molecule has 24 heavy (non-hydrogen) atoms. The summed E-state index contributed by atoms with van der Waals surface area (Å²) in [6, 6.07) is 13.9. The third-order valence-electron chi connectivity index (χ3n) is 3.46. The maximum absolute atomic E-state index is 13.1. The Morgan fingerprint density at radius 2 is 1.83 bits per heavy atom. The standard InChI is InChI=1S/C17H15ClN2O2S2/c18-16-6-1-2-7-17(16)24(21,22)20(11-14-8-10-23-13-14)12-15-5-3-4-9-19-15/h1-10,13H,11-12H2. The minimum Gasteiger partial charge on any atom is -0.260 e. The fraction of sp³-hybridized carbons (Fsp3) is 0.118. The molecule has 0 aliphatic heterocycles. The summed E-state index contributed by atoms with van der Waals surface area (Å²) >= 11 is 7.65. The molecule has 0 radical (unpaired) electrons. The lowest BCUT2D eigenvalue weighted by molar-refractivity contribution is 0.397. The van der Waals surface area contributed by atoms with Crippen LogP contribution in [0.15, 0.2) is 70.4 Å². The molecule has 4 nitrogen and oxygen atoms in total. The lowest BCUT2D eigenvalue weighted by atomic mass is 10.3. The zero-order valence-corrected chi connectivity index (χ0v) is 15.1. The quantitative estimate of drug-likeness (QED) is 0.646. The van der Waals surface area contributed by atoms with E-state index in [9.17, 15) is 8.42 Å². The van der Waals surface area contributed by atoms with Crippen LogP contribution in [-0.2, 0) is 23.1 Å². The van der Waals surface area contributed by atoms with Crippen LogP contribution in [0.2, 0.25) is 5.02 Å². The number of aromatic nitrogens is 1. The molecule has 0 saturated carbocycles. The molecule has 0 aliphatic rings. The van der Waals surface area contributed by atoms with E-state index >= 15 is 0 Å². The molecule has 0 atom stereocenters. The van der Waals surface area contributed by atoms with Crippen molar-refractivity contribution in [2.24, 2.45) is 0 Å². The van der Waals surface area contributed by atoms with Crippen molar-refractivity contribution >= 4 is 33.0 Å². The van der Waals surface area contributed by atoms with Gasteiger partial charge in [-0.15, -0.1) is 0 Å². The van der Waals surface area contributed by atoms with E-state index in [1.54, 1.807) is 30.5 Å². The summed E-state index contributed by atoms with van der Waals surface area (Å²) in [7, 11) is -3.74. The lowest BCUT2D eigenvalue weighted by Crippen LogP contribution is -2.30. The van der Waals surface area contributed by atoms with Gasteiger partial charge in [-0.1, -0.05) is 29.8 Å². The van der Waals surface area contributed by atoms with Crippen LogP contribution in [0, 0.1) is 0 Å². The average molecular weight is 379 g/mol. The Morgan fingerprint density at radius 3 is 2.50 bits per heavy atom. The summed E-state index contributed by atoms with van der Waals surface area (Å²) in [6.45, 7) is 0.456. The fourth-order valence-electron chi connectivity index (χ4n) is 2.28. The number of rotatable bonds is 6. The number of pyridine rings is 1. The van der Waals surface area contributed by atoms with Crippen molar-refractivity contribution in [1.82, 2.24) is 9.29 Å². The summed E-state index contributed by atoms with van der Waals surface area (Å²) < 4.78 is 27.6. The second-order valence-electron chi connectivity index (χ2n) is 5.16. The van der Waals surface area contributed by atoms with Gasteiger partial charge in [0.2, 0.25) is 10.0 Å². The predicted molar refractivity (Wildman–Crippen MR) is 96.4 cm³/mol. The molecule has 3 aromatic rings. The molecule has 1 aromatic carbocycles. The smallest absolute Gasteiger partial charge is 0.245 e. The molecular formula is C17H15ClN2O2S2. The fourth-order valence-corrected chi connectivity index (χ4v) is 4.83. The Labute approximate surface area is 150 Å². The molecule has 0 amide bonds. The van der Waals surface area contributed by atoms with Crippen molar-refractivity contribution in [3.05, 3.63) is 81.8 Å². The van der Waals surface area contributed by atoms with Crippen molar-refractivity contribution in [3.63, 3.8) is 0 Å². The highest BCUT2D eigenvalue weighted by Crippen LogP contribution is 2.27. The van der Waals surface area contributed by atoms with Crippen LogP contribution in [0.4, 0.5) is 0 Å². The monoisotopic (exact) mass is 378 g/mol. The van der Waals surface area contributed by atoms with Gasteiger partial charge < -0.3 is 0 Å². The molecule has 0 bridgehead atoms. The predicted octanol–water partition coefficient (Wildman–Crippen LogP) is 4.19. The van der Waals surface area contributed by atoms with Gasteiger partial charge in [-0.3, -0.25) is 4.98 Å². The van der Waals surface area contributed by atoms with Crippen LogP contribution in [-0.4, -0.2) is 17.7 Å². The zero-order valence-electron chi connectivity index (χ0n) is 12.7. The van der Waals surface area contributed by atoms with Crippen LogP contribution in [0.5, 0.6) is 0 Å². The van der Waals surface area contributed by atoms with E-state index < -0.39 is 10.0 Å². The number of nitrogens with zero attached hydrogens (tertiary/aromatic N) is 2. The third-order valence-corrected chi connectivity index (χ3v) is 6.48. The number of sulfonamides is 1. The van der Waals surface area contributed by atoms with E-state index in [-0.39, 0.29) is 23.0 Å². The second-order valence-corrected chi connectivity index (χ2v) is 8.25. The molecular weight excluding hydrogens is 364 g/mol. The molecule has 3 rings (SSSR count). The van der Waals surface area contributed by atoms with Gasteiger partial charge in [0, 0.05) is 12.7 Å². The molecule has 0 fully saturated rings. The molecule has 2 aromatic heterocycles. The van der Waals surface area contributed by atoms with E-state index in [0.29, 0.717) is 5.69 Å². The van der Waals surface area contributed by atoms with E-state index in [1.807, 2.05) is 29.0 Å². The van der Waals surface area contributed by atoms with Crippen molar-refractivity contribution < 1.29 is 8.42 Å². The highest BCUT2D eigenvalue weighted by atomic mass is 35.5. The zero-order chi connectivity index (χ0) is 17.0. The maximum atomic E-state index is 13.1. The van der Waals surface area contributed by atoms with E-state index in [0.717, 1.165) is 5.56 Å². The first kappa shape index (κ1) is 17.1. The molecule has 7 heteroatoms. The first-order valence-corrected chi connectivity index (χ1v) is 9.99. The number of benzene rings is 1. The van der Waals surface area contributed by atoms with Gasteiger partial charge in [0.15, 0.2) is 0 Å². The minimum atomic E-state index is -3.74. The molecule has 2 heterocycles. The van der Waals surface area contributed by atoms with Gasteiger partial charge in [0.05, 0.1) is 17.3 Å². The van der Waals surface area contributed by atoms with Crippen LogP contribution >= 0.6 is 22.9 Å². The van der Waals surface area contributed by atoms with Crippen LogP contribution in [0.3, 0.4) is 0 Å². The Bertz CT molecular complexity index is 897. The van der Waals surface area contributed by atoms with E-state index in [1.165, 1.54) is 21.7 Å². The summed E-state index contributed by atoms with van der Waals surface area (Å²) in [6.07, 6.45) is 1.65. The Hall–Kier alpha value is -1.73. The number of hydrogen-bond donors (Lipinski definition) is 0. The normalized spacial score (nSPS) is 11.8. The van der Waals surface area contributed by atoms with Crippen LogP contribution < -0.4 is 0 Å². The second kappa shape index (κ2) is 7.44. The highest BCUT2D eigenvalue weighted by molar-refractivity contribution is 7.89. The van der Waals surface area contributed by atoms with Crippen LogP contribution in [0.1, 0.15) is 11.3 Å². The van der Waals surface area contributed by atoms with Gasteiger partial charge in [0.1, 0.15) is 4.90 Å².